The molecule has 86 valence electrons. The van der Waals surface area contributed by atoms with Crippen molar-refractivity contribution in [3.05, 3.63) is 34.5 Å². The lowest BCUT2D eigenvalue weighted by molar-refractivity contribution is 0.601. The van der Waals surface area contributed by atoms with E-state index in [2.05, 4.69) is 28.5 Å². The molecule has 0 bridgehead atoms. The van der Waals surface area contributed by atoms with E-state index >= 15 is 0 Å². The van der Waals surface area contributed by atoms with Gasteiger partial charge in [-0.1, -0.05) is 6.92 Å². The summed E-state index contributed by atoms with van der Waals surface area (Å²) in [6.45, 7) is 4.89. The highest BCUT2D eigenvalue weighted by Gasteiger charge is 1.98. The number of hydrogen-bond donors (Lipinski definition) is 1. The van der Waals surface area contributed by atoms with E-state index < -0.39 is 0 Å². The van der Waals surface area contributed by atoms with Crippen LogP contribution >= 0.6 is 11.3 Å². The fraction of sp³-hybridized carbons (Fsp3) is 0.455. The van der Waals surface area contributed by atoms with Crippen molar-refractivity contribution in [1.82, 2.24) is 20.1 Å². The fourth-order valence-corrected chi connectivity index (χ4v) is 2.07. The first-order chi connectivity index (χ1) is 7.88. The molecule has 2 rings (SSSR count). The number of rotatable bonds is 6. The maximum atomic E-state index is 4.29. The molecule has 0 unspecified atom stereocenters. The Balaban J connectivity index is 1.76. The van der Waals surface area contributed by atoms with Crippen molar-refractivity contribution in [2.75, 3.05) is 0 Å². The van der Waals surface area contributed by atoms with E-state index in [9.17, 15) is 0 Å². The molecule has 2 heterocycles. The molecule has 0 radical (unpaired) electrons. The normalized spacial score (nSPS) is 10.8. The molecule has 0 amide bonds. The van der Waals surface area contributed by atoms with Crippen molar-refractivity contribution in [2.45, 2.75) is 33.0 Å². The number of aromatic nitrogens is 3. The first-order valence-electron chi connectivity index (χ1n) is 5.48. The third kappa shape index (κ3) is 3.15. The molecule has 0 saturated heterocycles. The van der Waals surface area contributed by atoms with Gasteiger partial charge in [-0.2, -0.15) is 5.10 Å². The third-order valence-electron chi connectivity index (χ3n) is 2.25. The summed E-state index contributed by atoms with van der Waals surface area (Å²) in [6, 6.07) is 0. The molecule has 2 aromatic heterocycles. The van der Waals surface area contributed by atoms with Gasteiger partial charge in [0, 0.05) is 42.5 Å². The molecular formula is C11H16N4S. The maximum absolute atomic E-state index is 4.29. The van der Waals surface area contributed by atoms with E-state index in [1.807, 2.05) is 22.6 Å². The topological polar surface area (TPSA) is 42.7 Å². The molecule has 16 heavy (non-hydrogen) atoms. The second-order valence-electron chi connectivity index (χ2n) is 3.68. The molecule has 0 saturated carbocycles. The third-order valence-corrected chi connectivity index (χ3v) is 3.03. The van der Waals surface area contributed by atoms with E-state index in [1.54, 1.807) is 11.3 Å². The van der Waals surface area contributed by atoms with Crippen LogP contribution in [-0.4, -0.2) is 14.8 Å². The highest BCUT2D eigenvalue weighted by atomic mass is 32.1. The Hall–Kier alpha value is -1.20. The number of aryl methyl sites for hydroxylation is 1. The van der Waals surface area contributed by atoms with Crippen LogP contribution in [0.4, 0.5) is 0 Å². The smallest absolute Gasteiger partial charge is 0.0794 e. The molecule has 1 N–H and O–H groups in total. The van der Waals surface area contributed by atoms with Gasteiger partial charge in [0.05, 0.1) is 11.7 Å². The Bertz CT molecular complexity index is 407. The Labute approximate surface area is 99.3 Å². The molecule has 0 aromatic carbocycles. The summed E-state index contributed by atoms with van der Waals surface area (Å²) >= 11 is 1.68. The van der Waals surface area contributed by atoms with Crippen LogP contribution in [-0.2, 0) is 19.6 Å². The molecule has 5 heteroatoms. The van der Waals surface area contributed by atoms with Gasteiger partial charge in [-0.25, -0.2) is 0 Å². The van der Waals surface area contributed by atoms with Crippen LogP contribution in [0.5, 0.6) is 0 Å². The second-order valence-corrected chi connectivity index (χ2v) is 4.65. The van der Waals surface area contributed by atoms with Crippen molar-refractivity contribution in [3.63, 3.8) is 0 Å². The van der Waals surface area contributed by atoms with Gasteiger partial charge >= 0.3 is 0 Å². The van der Waals surface area contributed by atoms with Gasteiger partial charge in [0.2, 0.25) is 0 Å². The fourth-order valence-electron chi connectivity index (χ4n) is 1.51. The molecule has 0 atom stereocenters. The first kappa shape index (κ1) is 11.3. The van der Waals surface area contributed by atoms with Gasteiger partial charge in [-0.05, 0) is 6.42 Å². The van der Waals surface area contributed by atoms with Crippen LogP contribution in [0.2, 0.25) is 0 Å². The van der Waals surface area contributed by atoms with Gasteiger partial charge in [-0.3, -0.25) is 9.67 Å². The van der Waals surface area contributed by atoms with E-state index in [0.29, 0.717) is 0 Å². The second kappa shape index (κ2) is 5.77. The summed E-state index contributed by atoms with van der Waals surface area (Å²) < 4.78 is 1.99. The van der Waals surface area contributed by atoms with E-state index in [-0.39, 0.29) is 0 Å². The van der Waals surface area contributed by atoms with Crippen LogP contribution in [0.3, 0.4) is 0 Å². The molecule has 0 spiro atoms. The largest absolute Gasteiger partial charge is 0.308 e. The standard InChI is InChI=1S/C11H16N4S/c1-2-3-15-8-10(5-14-15)4-12-6-11-7-13-9-16-11/h5,7-9,12H,2-4,6H2,1H3. The summed E-state index contributed by atoms with van der Waals surface area (Å²) in [7, 11) is 0. The molecule has 4 nitrogen and oxygen atoms in total. The molecule has 2 aromatic rings. The van der Waals surface area contributed by atoms with Crippen molar-refractivity contribution in [3.8, 4) is 0 Å². The number of hydrogen-bond acceptors (Lipinski definition) is 4. The van der Waals surface area contributed by atoms with E-state index in [1.165, 1.54) is 10.4 Å². The zero-order chi connectivity index (χ0) is 11.2. The SMILES string of the molecule is CCCn1cc(CNCc2cncs2)cn1. The highest BCUT2D eigenvalue weighted by Crippen LogP contribution is 2.05. The van der Waals surface area contributed by atoms with Gasteiger partial charge in [0.15, 0.2) is 0 Å². The van der Waals surface area contributed by atoms with Crippen LogP contribution in [0.15, 0.2) is 24.1 Å². The van der Waals surface area contributed by atoms with E-state index in [4.69, 9.17) is 0 Å². The Morgan fingerprint density at radius 3 is 3.06 bits per heavy atom. The Kier molecular flexibility index (Phi) is 4.07. The predicted molar refractivity (Wildman–Crippen MR) is 65.2 cm³/mol. The molecular weight excluding hydrogens is 220 g/mol. The van der Waals surface area contributed by atoms with Gasteiger partial charge < -0.3 is 5.32 Å². The summed E-state index contributed by atoms with van der Waals surface area (Å²) in [5.41, 5.74) is 3.09. The van der Waals surface area contributed by atoms with Gasteiger partial charge in [0.25, 0.3) is 0 Å². The molecule has 0 aliphatic carbocycles. The monoisotopic (exact) mass is 236 g/mol. The summed E-state index contributed by atoms with van der Waals surface area (Å²) in [6.07, 6.45) is 7.05. The lowest BCUT2D eigenvalue weighted by Gasteiger charge is -1.99. The predicted octanol–water partition coefficient (Wildman–Crippen LogP) is 2.04. The summed E-state index contributed by atoms with van der Waals surface area (Å²) in [5, 5.41) is 7.67. The lowest BCUT2D eigenvalue weighted by atomic mass is 10.3. The van der Waals surface area contributed by atoms with Crippen molar-refractivity contribution >= 4 is 11.3 Å². The molecule has 0 aliphatic heterocycles. The first-order valence-corrected chi connectivity index (χ1v) is 6.36. The number of nitrogens with zero attached hydrogens (tertiary/aromatic N) is 3. The van der Waals surface area contributed by atoms with Crippen molar-refractivity contribution in [2.24, 2.45) is 0 Å². The van der Waals surface area contributed by atoms with Crippen LogP contribution in [0, 0.1) is 0 Å². The average molecular weight is 236 g/mol. The number of thiazole rings is 1. The molecule has 0 aliphatic rings. The Morgan fingerprint density at radius 2 is 2.31 bits per heavy atom. The van der Waals surface area contributed by atoms with Crippen molar-refractivity contribution < 1.29 is 0 Å². The van der Waals surface area contributed by atoms with Gasteiger partial charge in [0.1, 0.15) is 0 Å². The maximum Gasteiger partial charge on any atom is 0.0794 e. The van der Waals surface area contributed by atoms with Crippen LogP contribution < -0.4 is 5.32 Å². The zero-order valence-electron chi connectivity index (χ0n) is 9.39. The highest BCUT2D eigenvalue weighted by molar-refractivity contribution is 7.09. The van der Waals surface area contributed by atoms with Crippen LogP contribution in [0.1, 0.15) is 23.8 Å². The summed E-state index contributed by atoms with van der Waals surface area (Å²) in [4.78, 5) is 5.30. The lowest BCUT2D eigenvalue weighted by Crippen LogP contribution is -2.11. The van der Waals surface area contributed by atoms with Gasteiger partial charge in [-0.15, -0.1) is 11.3 Å². The van der Waals surface area contributed by atoms with E-state index in [0.717, 1.165) is 26.1 Å². The minimum atomic E-state index is 0.863. The van der Waals surface area contributed by atoms with Crippen molar-refractivity contribution in [1.29, 1.82) is 0 Å². The minimum Gasteiger partial charge on any atom is -0.308 e. The average Bonchev–Trinajstić information content (AvgIpc) is 2.90. The Morgan fingerprint density at radius 1 is 1.38 bits per heavy atom. The summed E-state index contributed by atoms with van der Waals surface area (Å²) in [5.74, 6) is 0. The number of nitrogens with one attached hydrogen (secondary N) is 1. The molecule has 0 fully saturated rings. The van der Waals surface area contributed by atoms with Crippen LogP contribution in [0.25, 0.3) is 0 Å². The minimum absolute atomic E-state index is 0.863. The zero-order valence-corrected chi connectivity index (χ0v) is 10.2. The quantitative estimate of drug-likeness (QED) is 0.834.